The molecule has 0 radical (unpaired) electrons. The maximum atomic E-state index is 13.3. The summed E-state index contributed by atoms with van der Waals surface area (Å²) in [5.41, 5.74) is 2.76. The number of anilines is 1. The highest BCUT2D eigenvalue weighted by atomic mass is 16.2. The van der Waals surface area contributed by atoms with Gasteiger partial charge in [0, 0.05) is 18.7 Å². The van der Waals surface area contributed by atoms with E-state index in [4.69, 9.17) is 0 Å². The summed E-state index contributed by atoms with van der Waals surface area (Å²) in [6.45, 7) is 7.38. The molecule has 1 aromatic heterocycles. The van der Waals surface area contributed by atoms with Crippen molar-refractivity contribution in [2.24, 2.45) is 0 Å². The molecule has 1 heterocycles. The standard InChI is InChI=1S/C24H28N4O2/c1-4-15-27(16-5-2)24(30)21-17-25-28(20-9-7-6-8-10-20)22(21)26-23(29)19-13-11-18(3)12-14-19/h6-14,17H,4-5,15-16H2,1-3H3,(H,26,29). The predicted molar refractivity (Wildman–Crippen MR) is 119 cm³/mol. The van der Waals surface area contributed by atoms with Gasteiger partial charge >= 0.3 is 0 Å². The minimum Gasteiger partial charge on any atom is -0.339 e. The number of aryl methyl sites for hydroxylation is 1. The first kappa shape index (κ1) is 21.3. The number of aromatic nitrogens is 2. The summed E-state index contributed by atoms with van der Waals surface area (Å²) in [4.78, 5) is 28.0. The zero-order valence-electron chi connectivity index (χ0n) is 17.8. The van der Waals surface area contributed by atoms with Crippen molar-refractivity contribution in [2.75, 3.05) is 18.4 Å². The molecule has 6 heteroatoms. The van der Waals surface area contributed by atoms with Crippen LogP contribution in [0, 0.1) is 6.92 Å². The van der Waals surface area contributed by atoms with Gasteiger partial charge in [-0.15, -0.1) is 0 Å². The van der Waals surface area contributed by atoms with Gasteiger partial charge < -0.3 is 10.2 Å². The molecule has 0 atom stereocenters. The van der Waals surface area contributed by atoms with Gasteiger partial charge in [0.2, 0.25) is 0 Å². The fraction of sp³-hybridized carbons (Fsp3) is 0.292. The summed E-state index contributed by atoms with van der Waals surface area (Å²) in [5, 5.41) is 7.35. The first-order valence-corrected chi connectivity index (χ1v) is 10.4. The Morgan fingerprint density at radius 3 is 2.20 bits per heavy atom. The van der Waals surface area contributed by atoms with E-state index in [1.54, 1.807) is 23.0 Å². The van der Waals surface area contributed by atoms with Crippen LogP contribution in [0.25, 0.3) is 5.69 Å². The van der Waals surface area contributed by atoms with Crippen molar-refractivity contribution >= 4 is 17.6 Å². The minimum atomic E-state index is -0.278. The monoisotopic (exact) mass is 404 g/mol. The molecule has 1 N–H and O–H groups in total. The lowest BCUT2D eigenvalue weighted by atomic mass is 10.1. The van der Waals surface area contributed by atoms with Crippen molar-refractivity contribution in [1.29, 1.82) is 0 Å². The van der Waals surface area contributed by atoms with Crippen LogP contribution in [0.2, 0.25) is 0 Å². The van der Waals surface area contributed by atoms with Gasteiger partial charge in [-0.1, -0.05) is 49.7 Å². The third kappa shape index (κ3) is 4.76. The number of hydrogen-bond acceptors (Lipinski definition) is 3. The largest absolute Gasteiger partial charge is 0.339 e. The van der Waals surface area contributed by atoms with E-state index >= 15 is 0 Å². The quantitative estimate of drug-likeness (QED) is 0.592. The van der Waals surface area contributed by atoms with Gasteiger partial charge in [-0.25, -0.2) is 4.68 Å². The van der Waals surface area contributed by atoms with Crippen molar-refractivity contribution in [3.05, 3.63) is 77.5 Å². The van der Waals surface area contributed by atoms with Crippen molar-refractivity contribution in [3.8, 4) is 5.69 Å². The topological polar surface area (TPSA) is 67.2 Å². The molecular formula is C24H28N4O2. The maximum Gasteiger partial charge on any atom is 0.259 e. The van der Waals surface area contributed by atoms with E-state index < -0.39 is 0 Å². The predicted octanol–water partition coefficient (Wildman–Crippen LogP) is 4.70. The van der Waals surface area contributed by atoms with Gasteiger partial charge in [0.05, 0.1) is 11.9 Å². The first-order chi connectivity index (χ1) is 14.5. The molecular weight excluding hydrogens is 376 g/mol. The molecule has 0 unspecified atom stereocenters. The van der Waals surface area contributed by atoms with E-state index in [0.29, 0.717) is 30.0 Å². The van der Waals surface area contributed by atoms with Gasteiger partial charge in [-0.3, -0.25) is 9.59 Å². The third-order valence-electron chi connectivity index (χ3n) is 4.82. The Balaban J connectivity index is 2.01. The van der Waals surface area contributed by atoms with Crippen LogP contribution >= 0.6 is 0 Å². The summed E-state index contributed by atoms with van der Waals surface area (Å²) in [6, 6.07) is 16.8. The van der Waals surface area contributed by atoms with Crippen LogP contribution in [0.15, 0.2) is 60.8 Å². The Hall–Kier alpha value is -3.41. The zero-order valence-corrected chi connectivity index (χ0v) is 17.8. The number of nitrogens with one attached hydrogen (secondary N) is 1. The van der Waals surface area contributed by atoms with E-state index in [2.05, 4.69) is 10.4 Å². The van der Waals surface area contributed by atoms with Crippen molar-refractivity contribution in [3.63, 3.8) is 0 Å². The molecule has 30 heavy (non-hydrogen) atoms. The number of benzene rings is 2. The van der Waals surface area contributed by atoms with E-state index in [-0.39, 0.29) is 11.8 Å². The smallest absolute Gasteiger partial charge is 0.259 e. The Bertz CT molecular complexity index is 988. The molecule has 0 aliphatic carbocycles. The van der Waals surface area contributed by atoms with Crippen LogP contribution in [-0.2, 0) is 0 Å². The van der Waals surface area contributed by atoms with E-state index in [0.717, 1.165) is 24.1 Å². The van der Waals surface area contributed by atoms with Gasteiger partial charge in [0.1, 0.15) is 11.4 Å². The van der Waals surface area contributed by atoms with E-state index in [9.17, 15) is 9.59 Å². The van der Waals surface area contributed by atoms with Gasteiger partial charge in [0.15, 0.2) is 0 Å². The second-order valence-electron chi connectivity index (χ2n) is 7.27. The number of carbonyl (C=O) groups excluding carboxylic acids is 2. The number of rotatable bonds is 8. The average Bonchev–Trinajstić information content (AvgIpc) is 3.17. The summed E-state index contributed by atoms with van der Waals surface area (Å²) in [7, 11) is 0. The van der Waals surface area contributed by atoms with Crippen LogP contribution in [0.3, 0.4) is 0 Å². The molecule has 2 aromatic carbocycles. The lowest BCUT2D eigenvalue weighted by Crippen LogP contribution is -2.33. The van der Waals surface area contributed by atoms with E-state index in [1.807, 2.05) is 68.1 Å². The number of hydrogen-bond donors (Lipinski definition) is 1. The summed E-state index contributed by atoms with van der Waals surface area (Å²) in [5.74, 6) is -0.0201. The average molecular weight is 405 g/mol. The molecule has 0 aliphatic heterocycles. The molecule has 3 aromatic rings. The first-order valence-electron chi connectivity index (χ1n) is 10.4. The van der Waals surface area contributed by atoms with Crippen LogP contribution in [0.4, 0.5) is 5.82 Å². The summed E-state index contributed by atoms with van der Waals surface area (Å²) < 4.78 is 1.61. The number of para-hydroxylation sites is 1. The van der Waals surface area contributed by atoms with Gasteiger partial charge in [-0.2, -0.15) is 5.10 Å². The SMILES string of the molecule is CCCN(CCC)C(=O)c1cnn(-c2ccccc2)c1NC(=O)c1ccc(C)cc1. The lowest BCUT2D eigenvalue weighted by Gasteiger charge is -2.21. The number of carbonyl (C=O) groups is 2. The fourth-order valence-corrected chi connectivity index (χ4v) is 3.30. The van der Waals surface area contributed by atoms with Crippen molar-refractivity contribution in [1.82, 2.24) is 14.7 Å². The Morgan fingerprint density at radius 2 is 1.60 bits per heavy atom. The molecule has 3 rings (SSSR count). The Kier molecular flexibility index (Phi) is 7.01. The Labute approximate surface area is 177 Å². The highest BCUT2D eigenvalue weighted by molar-refractivity contribution is 6.08. The molecule has 0 bridgehead atoms. The lowest BCUT2D eigenvalue weighted by molar-refractivity contribution is 0.0756. The van der Waals surface area contributed by atoms with Crippen LogP contribution < -0.4 is 5.32 Å². The maximum absolute atomic E-state index is 13.3. The fourth-order valence-electron chi connectivity index (χ4n) is 3.30. The summed E-state index contributed by atoms with van der Waals surface area (Å²) in [6.07, 6.45) is 3.27. The number of amides is 2. The van der Waals surface area contributed by atoms with Crippen LogP contribution in [0.5, 0.6) is 0 Å². The van der Waals surface area contributed by atoms with E-state index in [1.165, 1.54) is 0 Å². The molecule has 156 valence electrons. The molecule has 2 amide bonds. The molecule has 0 fully saturated rings. The highest BCUT2D eigenvalue weighted by Gasteiger charge is 2.24. The van der Waals surface area contributed by atoms with Crippen molar-refractivity contribution in [2.45, 2.75) is 33.6 Å². The molecule has 6 nitrogen and oxygen atoms in total. The highest BCUT2D eigenvalue weighted by Crippen LogP contribution is 2.23. The zero-order chi connectivity index (χ0) is 21.5. The van der Waals surface area contributed by atoms with Gasteiger partial charge in [0.25, 0.3) is 11.8 Å². The second-order valence-corrected chi connectivity index (χ2v) is 7.27. The second kappa shape index (κ2) is 9.87. The summed E-state index contributed by atoms with van der Waals surface area (Å²) >= 11 is 0. The molecule has 0 spiro atoms. The van der Waals surface area contributed by atoms with Crippen LogP contribution in [-0.4, -0.2) is 39.6 Å². The molecule has 0 saturated heterocycles. The Morgan fingerprint density at radius 1 is 0.967 bits per heavy atom. The molecule has 0 aliphatic rings. The minimum absolute atomic E-state index is 0.125. The normalized spacial score (nSPS) is 10.6. The van der Waals surface area contributed by atoms with Gasteiger partial charge in [-0.05, 0) is 44.0 Å². The van der Waals surface area contributed by atoms with Crippen molar-refractivity contribution < 1.29 is 9.59 Å². The molecule has 0 saturated carbocycles. The third-order valence-corrected chi connectivity index (χ3v) is 4.82. The van der Waals surface area contributed by atoms with Crippen LogP contribution in [0.1, 0.15) is 53.0 Å². The number of nitrogens with zero attached hydrogens (tertiary/aromatic N) is 3.